The van der Waals surface area contributed by atoms with Crippen LogP contribution in [0.15, 0.2) is 83.6 Å². The first-order valence-electron chi connectivity index (χ1n) is 17.1. The summed E-state index contributed by atoms with van der Waals surface area (Å²) in [5.74, 6) is -5.43. The van der Waals surface area contributed by atoms with Gasteiger partial charge in [0.2, 0.25) is 0 Å². The Kier molecular flexibility index (Phi) is 29.6. The SMILES string of the molecule is C.C.CC(=O)Cc1cccc(C(=O)O)c1.CCC(=O)O.CCc1ccc(C(=O)O)cc1.CCc1cccc(C(=O)O)c1.Cc1nocc1C(=O)O.Cc1snnc1C(=O)O. The van der Waals surface area contributed by atoms with Crippen LogP contribution < -0.4 is 0 Å². The molecule has 17 nitrogen and oxygen atoms in total. The second-order valence-electron chi connectivity index (χ2n) is 11.4. The molecule has 3 aromatic carbocycles. The average molecular weight is 856 g/mol. The van der Waals surface area contributed by atoms with Crippen LogP contribution in [-0.4, -0.2) is 87.0 Å². The highest BCUT2D eigenvalue weighted by molar-refractivity contribution is 7.05. The fourth-order valence-electron chi connectivity index (χ4n) is 3.84. The molecule has 0 saturated heterocycles. The summed E-state index contributed by atoms with van der Waals surface area (Å²) in [7, 11) is 0. The van der Waals surface area contributed by atoms with Crippen LogP contribution >= 0.6 is 11.5 Å². The third-order valence-electron chi connectivity index (χ3n) is 6.96. The van der Waals surface area contributed by atoms with Gasteiger partial charge < -0.3 is 35.2 Å². The molecule has 5 rings (SSSR count). The van der Waals surface area contributed by atoms with Crippen LogP contribution in [0.2, 0.25) is 0 Å². The van der Waals surface area contributed by atoms with Gasteiger partial charge in [0.05, 0.1) is 27.3 Å². The smallest absolute Gasteiger partial charge is 0.357 e. The van der Waals surface area contributed by atoms with Crippen molar-refractivity contribution in [3.63, 3.8) is 0 Å². The van der Waals surface area contributed by atoms with Gasteiger partial charge in [0.15, 0.2) is 5.69 Å². The molecule has 5 aromatic rings. The number of carboxylic acid groups (broad SMARTS) is 6. The summed E-state index contributed by atoms with van der Waals surface area (Å²) in [5, 5.41) is 57.0. The maximum atomic E-state index is 10.7. The third kappa shape index (κ3) is 23.9. The van der Waals surface area contributed by atoms with Gasteiger partial charge in [-0.3, -0.25) is 9.59 Å². The number of ketones is 1. The highest BCUT2D eigenvalue weighted by Crippen LogP contribution is 2.08. The first-order chi connectivity index (χ1) is 27.3. The lowest BCUT2D eigenvalue weighted by molar-refractivity contribution is -0.136. The lowest BCUT2D eigenvalue weighted by Crippen LogP contribution is -2.00. The zero-order chi connectivity index (χ0) is 44.4. The van der Waals surface area contributed by atoms with Crippen molar-refractivity contribution in [3.8, 4) is 0 Å². The summed E-state index contributed by atoms with van der Waals surface area (Å²) < 4.78 is 7.83. The van der Waals surface area contributed by atoms with E-state index < -0.39 is 35.8 Å². The summed E-state index contributed by atoms with van der Waals surface area (Å²) in [6, 6.07) is 20.3. The zero-order valence-electron chi connectivity index (χ0n) is 32.5. The molecule has 0 saturated carbocycles. The number of carbonyl (C=O) groups is 7. The molecule has 18 heteroatoms. The fourth-order valence-corrected chi connectivity index (χ4v) is 4.30. The summed E-state index contributed by atoms with van der Waals surface area (Å²) >= 11 is 1.09. The van der Waals surface area contributed by atoms with Crippen LogP contribution in [0.25, 0.3) is 0 Å². The molecule has 0 unspecified atom stereocenters. The Morgan fingerprint density at radius 2 is 1.08 bits per heavy atom. The van der Waals surface area contributed by atoms with Crippen molar-refractivity contribution in [2.75, 3.05) is 0 Å². The second-order valence-corrected chi connectivity index (χ2v) is 12.4. The lowest BCUT2D eigenvalue weighted by Gasteiger charge is -1.98. The largest absolute Gasteiger partial charge is 0.481 e. The molecular formula is C42H53N3O14S. The van der Waals surface area contributed by atoms with Crippen molar-refractivity contribution >= 4 is 53.1 Å². The fraction of sp³-hybridized carbons (Fsp3) is 0.286. The van der Waals surface area contributed by atoms with Gasteiger partial charge in [0.25, 0.3) is 0 Å². The van der Waals surface area contributed by atoms with E-state index in [1.54, 1.807) is 63.2 Å². The van der Waals surface area contributed by atoms with Gasteiger partial charge in [-0.05, 0) is 98.2 Å². The number of aryl methyl sites for hydroxylation is 4. The molecule has 326 valence electrons. The van der Waals surface area contributed by atoms with Gasteiger partial charge in [-0.1, -0.05) is 81.7 Å². The number of aromatic carboxylic acids is 5. The van der Waals surface area contributed by atoms with Crippen molar-refractivity contribution < 1.29 is 68.7 Å². The van der Waals surface area contributed by atoms with E-state index in [0.29, 0.717) is 28.1 Å². The molecule has 2 heterocycles. The first kappa shape index (κ1) is 57.2. The molecule has 0 atom stereocenters. The topological polar surface area (TPSA) is 293 Å². The Balaban J connectivity index is -0.000000656. The van der Waals surface area contributed by atoms with Gasteiger partial charge in [-0.25, -0.2) is 24.0 Å². The number of benzene rings is 3. The Bertz CT molecular complexity index is 2060. The van der Waals surface area contributed by atoms with E-state index in [-0.39, 0.29) is 43.9 Å². The highest BCUT2D eigenvalue weighted by Gasteiger charge is 2.10. The highest BCUT2D eigenvalue weighted by atomic mass is 32.1. The van der Waals surface area contributed by atoms with Crippen LogP contribution in [0.1, 0.15) is 128 Å². The predicted octanol–water partition coefficient (Wildman–Crippen LogP) is 8.39. The minimum absolute atomic E-state index is 0. The standard InChI is InChI=1S/C10H10O3.2C9H10O2.C5H5NO3.C4H4N2O2S.C3H6O2.2CH4/c1-7(11)5-8-3-2-4-9(6-8)10(12)13;1-2-7-3-5-8(6-4-7)9(10)11;1-2-7-4-3-5-8(6-7)9(10)11;1-3-4(5(7)8)2-9-6-3;1-2-3(4(7)8)5-6-9-2;1-2-3(4)5;;/h2-4,6H,5H2,1H3,(H,12,13);2*3-6H,2H2,1H3,(H,10,11);2H,1H3,(H,7,8);1H3,(H,7,8);2H2,1H3,(H,4,5);2*1H4. The van der Waals surface area contributed by atoms with E-state index in [1.165, 1.54) is 19.1 Å². The Morgan fingerprint density at radius 3 is 1.38 bits per heavy atom. The van der Waals surface area contributed by atoms with E-state index >= 15 is 0 Å². The molecule has 0 aliphatic rings. The van der Waals surface area contributed by atoms with Crippen LogP contribution in [0.3, 0.4) is 0 Å². The number of hydrogen-bond donors (Lipinski definition) is 6. The first-order valence-corrected chi connectivity index (χ1v) is 17.9. The molecule has 6 N–H and O–H groups in total. The number of aromatic nitrogens is 3. The maximum absolute atomic E-state index is 10.7. The van der Waals surface area contributed by atoms with E-state index in [9.17, 15) is 33.6 Å². The molecule has 0 amide bonds. The van der Waals surface area contributed by atoms with Crippen molar-refractivity contribution in [1.29, 1.82) is 0 Å². The third-order valence-corrected chi connectivity index (χ3v) is 7.59. The molecule has 2 aromatic heterocycles. The second kappa shape index (κ2) is 31.0. The van der Waals surface area contributed by atoms with Gasteiger partial charge in [-0.15, -0.1) is 5.10 Å². The number of carboxylic acids is 6. The summed E-state index contributed by atoms with van der Waals surface area (Å²) in [4.78, 5) is 72.5. The molecule has 0 bridgehead atoms. The average Bonchev–Trinajstić information content (AvgIpc) is 3.83. The predicted molar refractivity (Wildman–Crippen MR) is 225 cm³/mol. The maximum Gasteiger partial charge on any atom is 0.357 e. The summed E-state index contributed by atoms with van der Waals surface area (Å²) in [5.41, 5.74) is 4.48. The summed E-state index contributed by atoms with van der Waals surface area (Å²) in [6.45, 7) is 10.4. The van der Waals surface area contributed by atoms with Crippen molar-refractivity contribution in [1.82, 2.24) is 14.7 Å². The quantitative estimate of drug-likeness (QED) is 0.0768. The number of aliphatic carboxylic acids is 1. The molecule has 0 aliphatic heterocycles. The molecule has 0 spiro atoms. The van der Waals surface area contributed by atoms with Gasteiger partial charge in [0.1, 0.15) is 17.6 Å². The van der Waals surface area contributed by atoms with Crippen LogP contribution in [0.4, 0.5) is 0 Å². The Labute approximate surface area is 352 Å². The normalized spacial score (nSPS) is 9.03. The van der Waals surface area contributed by atoms with Crippen LogP contribution in [-0.2, 0) is 28.9 Å². The van der Waals surface area contributed by atoms with E-state index in [0.717, 1.165) is 47.3 Å². The zero-order valence-corrected chi connectivity index (χ0v) is 33.3. The van der Waals surface area contributed by atoms with E-state index in [4.69, 9.17) is 30.6 Å². The van der Waals surface area contributed by atoms with Gasteiger partial charge >= 0.3 is 35.8 Å². The van der Waals surface area contributed by atoms with Gasteiger partial charge in [-0.2, -0.15) is 0 Å². The van der Waals surface area contributed by atoms with Crippen LogP contribution in [0, 0.1) is 13.8 Å². The van der Waals surface area contributed by atoms with Gasteiger partial charge in [0, 0.05) is 12.8 Å². The molecule has 0 fully saturated rings. The molecule has 60 heavy (non-hydrogen) atoms. The number of Topliss-reactive ketones (excluding diaryl/α,β-unsaturated/α-hetero) is 1. The Morgan fingerprint density at radius 1 is 0.617 bits per heavy atom. The van der Waals surface area contributed by atoms with E-state index in [1.807, 2.05) is 32.0 Å². The van der Waals surface area contributed by atoms with Crippen molar-refractivity contribution in [2.45, 2.75) is 82.1 Å². The van der Waals surface area contributed by atoms with Crippen molar-refractivity contribution in [2.24, 2.45) is 0 Å². The number of rotatable bonds is 10. The monoisotopic (exact) mass is 855 g/mol. The van der Waals surface area contributed by atoms with Crippen molar-refractivity contribution in [3.05, 3.63) is 134 Å². The van der Waals surface area contributed by atoms with E-state index in [2.05, 4.69) is 19.3 Å². The molecule has 0 aliphatic carbocycles. The minimum atomic E-state index is -1.01. The minimum Gasteiger partial charge on any atom is -0.481 e. The summed E-state index contributed by atoms with van der Waals surface area (Å²) in [6.07, 6.45) is 3.44. The lowest BCUT2D eigenvalue weighted by atomic mass is 10.1. The van der Waals surface area contributed by atoms with Crippen LogP contribution in [0.5, 0.6) is 0 Å². The molecule has 0 radical (unpaired) electrons. The number of hydrogen-bond acceptors (Lipinski definition) is 12. The number of nitrogens with zero attached hydrogens (tertiary/aromatic N) is 3. The Hall–Kier alpha value is -7.08. The number of carbonyl (C=O) groups excluding carboxylic acids is 1. The molecular weight excluding hydrogens is 803 g/mol.